The van der Waals surface area contributed by atoms with E-state index in [1.54, 1.807) is 12.1 Å². The summed E-state index contributed by atoms with van der Waals surface area (Å²) in [5.74, 6) is 1.63. The van der Waals surface area contributed by atoms with Gasteiger partial charge >= 0.3 is 0 Å². The van der Waals surface area contributed by atoms with Gasteiger partial charge < -0.3 is 9.84 Å². The Hall–Kier alpha value is -2.14. The van der Waals surface area contributed by atoms with Crippen LogP contribution >= 0.6 is 11.5 Å². The lowest BCUT2D eigenvalue weighted by Gasteiger charge is -2.03. The third kappa shape index (κ3) is 2.12. The molecule has 18 heavy (non-hydrogen) atoms. The van der Waals surface area contributed by atoms with Crippen molar-refractivity contribution in [2.75, 3.05) is 0 Å². The predicted molar refractivity (Wildman–Crippen MR) is 70.3 cm³/mol. The highest BCUT2D eigenvalue weighted by Crippen LogP contribution is 2.28. The molecule has 90 valence electrons. The second-order valence-corrected chi connectivity index (χ2v) is 4.62. The molecule has 0 unspecified atom stereocenters. The van der Waals surface area contributed by atoms with Gasteiger partial charge in [0, 0.05) is 11.5 Å². The van der Waals surface area contributed by atoms with Crippen LogP contribution in [-0.2, 0) is 0 Å². The van der Waals surface area contributed by atoms with Crippen molar-refractivity contribution in [2.24, 2.45) is 0 Å². The van der Waals surface area contributed by atoms with Crippen LogP contribution in [0.2, 0.25) is 0 Å². The molecule has 0 aliphatic rings. The molecule has 0 bridgehead atoms. The van der Waals surface area contributed by atoms with Crippen LogP contribution < -0.4 is 4.74 Å². The average Bonchev–Trinajstić information content (AvgIpc) is 2.74. The molecular formula is C13H10N2O2S. The number of aromatic nitrogens is 2. The lowest BCUT2D eigenvalue weighted by Crippen LogP contribution is -1.83. The fourth-order valence-corrected chi connectivity index (χ4v) is 2.25. The molecule has 3 rings (SSSR count). The standard InChI is InChI=1S/C13H10N2O2S/c1-8-14-13(18-15-8)17-12-5-3-9-2-4-11(16)6-10(9)7-12/h2-7,16H,1H3. The molecular weight excluding hydrogens is 248 g/mol. The van der Waals surface area contributed by atoms with Gasteiger partial charge in [0.25, 0.3) is 5.19 Å². The minimum absolute atomic E-state index is 0.242. The number of phenolic OH excluding ortho intramolecular Hbond substituents is 1. The number of phenols is 1. The Morgan fingerprint density at radius 1 is 1.11 bits per heavy atom. The summed E-state index contributed by atoms with van der Waals surface area (Å²) in [7, 11) is 0. The first-order valence-electron chi connectivity index (χ1n) is 5.42. The van der Waals surface area contributed by atoms with Crippen LogP contribution in [0.15, 0.2) is 36.4 Å². The first-order valence-corrected chi connectivity index (χ1v) is 6.19. The number of aromatic hydroxyl groups is 1. The summed E-state index contributed by atoms with van der Waals surface area (Å²) >= 11 is 1.22. The van der Waals surface area contributed by atoms with Crippen molar-refractivity contribution in [2.45, 2.75) is 6.92 Å². The van der Waals surface area contributed by atoms with Crippen molar-refractivity contribution in [1.82, 2.24) is 9.36 Å². The smallest absolute Gasteiger partial charge is 0.298 e. The Morgan fingerprint density at radius 2 is 1.94 bits per heavy atom. The van der Waals surface area contributed by atoms with E-state index >= 15 is 0 Å². The van der Waals surface area contributed by atoms with Crippen molar-refractivity contribution >= 4 is 22.3 Å². The van der Waals surface area contributed by atoms with Crippen LogP contribution in [0.25, 0.3) is 10.8 Å². The van der Waals surface area contributed by atoms with Crippen molar-refractivity contribution in [3.8, 4) is 16.7 Å². The quantitative estimate of drug-likeness (QED) is 0.764. The molecule has 1 heterocycles. The van der Waals surface area contributed by atoms with Crippen molar-refractivity contribution in [3.63, 3.8) is 0 Å². The largest absolute Gasteiger partial charge is 0.508 e. The zero-order chi connectivity index (χ0) is 12.5. The summed E-state index contributed by atoms with van der Waals surface area (Å²) in [6, 6.07) is 10.9. The van der Waals surface area contributed by atoms with Crippen molar-refractivity contribution in [3.05, 3.63) is 42.2 Å². The second-order valence-electron chi connectivity index (χ2n) is 3.90. The van der Waals surface area contributed by atoms with Crippen molar-refractivity contribution < 1.29 is 9.84 Å². The molecule has 4 nitrogen and oxygen atoms in total. The molecule has 2 aromatic carbocycles. The van der Waals surface area contributed by atoms with Crippen LogP contribution in [0.4, 0.5) is 0 Å². The van der Waals surface area contributed by atoms with Crippen molar-refractivity contribution in [1.29, 1.82) is 0 Å². The normalized spacial score (nSPS) is 10.7. The molecule has 1 N–H and O–H groups in total. The summed E-state index contributed by atoms with van der Waals surface area (Å²) in [6.07, 6.45) is 0. The van der Waals surface area contributed by atoms with E-state index in [4.69, 9.17) is 4.74 Å². The number of ether oxygens (including phenoxy) is 1. The molecule has 0 aliphatic heterocycles. The molecule has 0 aliphatic carbocycles. The highest BCUT2D eigenvalue weighted by atomic mass is 32.1. The van der Waals surface area contributed by atoms with E-state index in [9.17, 15) is 5.11 Å². The van der Waals surface area contributed by atoms with E-state index in [0.29, 0.717) is 16.8 Å². The van der Waals surface area contributed by atoms with Gasteiger partial charge in [-0.2, -0.15) is 9.36 Å². The first-order chi connectivity index (χ1) is 8.70. The molecule has 0 amide bonds. The molecule has 3 aromatic rings. The van der Waals surface area contributed by atoms with Gasteiger partial charge in [-0.3, -0.25) is 0 Å². The number of fused-ring (bicyclic) bond motifs is 1. The molecule has 0 saturated heterocycles. The number of aryl methyl sites for hydroxylation is 1. The summed E-state index contributed by atoms with van der Waals surface area (Å²) in [5.41, 5.74) is 0. The predicted octanol–water partition coefficient (Wildman–Crippen LogP) is 3.50. The fourth-order valence-electron chi connectivity index (χ4n) is 1.70. The molecule has 1 aromatic heterocycles. The van der Waals surface area contributed by atoms with Crippen LogP contribution in [-0.4, -0.2) is 14.5 Å². The third-order valence-corrected chi connectivity index (χ3v) is 3.20. The number of benzene rings is 2. The lowest BCUT2D eigenvalue weighted by atomic mass is 10.1. The van der Waals surface area contributed by atoms with Gasteiger partial charge in [-0.05, 0) is 42.0 Å². The zero-order valence-corrected chi connectivity index (χ0v) is 10.4. The van der Waals surface area contributed by atoms with Gasteiger partial charge in [0.05, 0.1) is 0 Å². The Bertz CT molecular complexity index is 709. The SMILES string of the molecule is Cc1nsc(Oc2ccc3ccc(O)cc3c2)n1. The Labute approximate surface area is 108 Å². The van der Waals surface area contributed by atoms with Gasteiger partial charge in [-0.1, -0.05) is 12.1 Å². The number of hydrogen-bond acceptors (Lipinski definition) is 5. The molecule has 0 atom stereocenters. The van der Waals surface area contributed by atoms with Gasteiger partial charge in [-0.25, -0.2) is 0 Å². The van der Waals surface area contributed by atoms with E-state index in [0.717, 1.165) is 10.8 Å². The van der Waals surface area contributed by atoms with Gasteiger partial charge in [0.1, 0.15) is 17.3 Å². The van der Waals surface area contributed by atoms with Crippen LogP contribution in [0.1, 0.15) is 5.82 Å². The maximum atomic E-state index is 9.45. The number of rotatable bonds is 2. The summed E-state index contributed by atoms with van der Waals surface area (Å²) in [6.45, 7) is 1.82. The highest BCUT2D eigenvalue weighted by molar-refractivity contribution is 7.07. The molecule has 0 radical (unpaired) electrons. The zero-order valence-electron chi connectivity index (χ0n) is 9.62. The Kier molecular flexibility index (Phi) is 2.60. The van der Waals surface area contributed by atoms with Gasteiger partial charge in [0.2, 0.25) is 0 Å². The fraction of sp³-hybridized carbons (Fsp3) is 0.0769. The summed E-state index contributed by atoms with van der Waals surface area (Å²) in [5, 5.41) is 11.9. The Morgan fingerprint density at radius 3 is 2.72 bits per heavy atom. The number of hydrogen-bond donors (Lipinski definition) is 1. The maximum Gasteiger partial charge on any atom is 0.298 e. The monoisotopic (exact) mass is 258 g/mol. The van der Waals surface area contributed by atoms with E-state index in [1.807, 2.05) is 31.2 Å². The van der Waals surface area contributed by atoms with Crippen LogP contribution in [0.5, 0.6) is 16.7 Å². The van der Waals surface area contributed by atoms with E-state index in [2.05, 4.69) is 9.36 Å². The average molecular weight is 258 g/mol. The number of nitrogens with zero attached hydrogens (tertiary/aromatic N) is 2. The topological polar surface area (TPSA) is 55.2 Å². The van der Waals surface area contributed by atoms with Crippen LogP contribution in [0, 0.1) is 6.92 Å². The van der Waals surface area contributed by atoms with Gasteiger partial charge in [0.15, 0.2) is 0 Å². The molecule has 0 spiro atoms. The maximum absolute atomic E-state index is 9.45. The highest BCUT2D eigenvalue weighted by Gasteiger charge is 2.04. The lowest BCUT2D eigenvalue weighted by molar-refractivity contribution is 0.475. The third-order valence-electron chi connectivity index (χ3n) is 2.51. The van der Waals surface area contributed by atoms with E-state index < -0.39 is 0 Å². The molecule has 0 saturated carbocycles. The molecule has 5 heteroatoms. The minimum Gasteiger partial charge on any atom is -0.508 e. The second kappa shape index (κ2) is 4.27. The Balaban J connectivity index is 1.97. The van der Waals surface area contributed by atoms with E-state index in [-0.39, 0.29) is 5.75 Å². The van der Waals surface area contributed by atoms with Crippen LogP contribution in [0.3, 0.4) is 0 Å². The summed E-state index contributed by atoms with van der Waals surface area (Å²) < 4.78 is 9.67. The van der Waals surface area contributed by atoms with Gasteiger partial charge in [-0.15, -0.1) is 0 Å². The molecule has 0 fully saturated rings. The van der Waals surface area contributed by atoms with E-state index in [1.165, 1.54) is 11.5 Å². The summed E-state index contributed by atoms with van der Waals surface area (Å²) in [4.78, 5) is 4.14. The first kappa shape index (κ1) is 11.0. The minimum atomic E-state index is 0.242.